The summed E-state index contributed by atoms with van der Waals surface area (Å²) in [7, 11) is 0. The first-order valence-electron chi connectivity index (χ1n) is 5.46. The Kier molecular flexibility index (Phi) is 3.04. The van der Waals surface area contributed by atoms with E-state index in [-0.39, 0.29) is 5.56 Å². The van der Waals surface area contributed by atoms with E-state index in [1.165, 1.54) is 0 Å². The number of rotatable bonds is 3. The van der Waals surface area contributed by atoms with Gasteiger partial charge in [0.25, 0.3) is 0 Å². The molecule has 7 heteroatoms. The van der Waals surface area contributed by atoms with Crippen molar-refractivity contribution >= 4 is 5.97 Å². The van der Waals surface area contributed by atoms with E-state index in [1.54, 1.807) is 0 Å². The summed E-state index contributed by atoms with van der Waals surface area (Å²) < 4.78 is 50.6. The Morgan fingerprint density at radius 3 is 2.26 bits per heavy atom. The third-order valence-corrected chi connectivity index (χ3v) is 3.40. The number of hydrogen-bond donors (Lipinski definition) is 2. The normalized spacial score (nSPS) is 19.0. The van der Waals surface area contributed by atoms with Crippen LogP contribution in [0, 0.1) is 5.82 Å². The van der Waals surface area contributed by atoms with Crippen molar-refractivity contribution in [3.8, 4) is 0 Å². The zero-order valence-electron chi connectivity index (χ0n) is 9.54. The first-order chi connectivity index (χ1) is 8.68. The van der Waals surface area contributed by atoms with E-state index in [1.807, 2.05) is 0 Å². The van der Waals surface area contributed by atoms with Gasteiger partial charge < -0.3 is 10.2 Å². The fraction of sp³-hybridized carbons (Fsp3) is 0.417. The molecule has 0 spiro atoms. The van der Waals surface area contributed by atoms with Crippen molar-refractivity contribution < 1.29 is 32.6 Å². The van der Waals surface area contributed by atoms with E-state index < -0.39 is 35.0 Å². The number of carboxylic acids is 1. The van der Waals surface area contributed by atoms with Gasteiger partial charge in [0.15, 0.2) is 6.10 Å². The summed E-state index contributed by atoms with van der Waals surface area (Å²) in [5.74, 6) is -2.94. The highest BCUT2D eigenvalue weighted by Crippen LogP contribution is 2.51. The maximum atomic E-state index is 13.4. The van der Waals surface area contributed by atoms with Crippen molar-refractivity contribution in [1.29, 1.82) is 0 Å². The molecule has 0 radical (unpaired) electrons. The molecule has 1 unspecified atom stereocenters. The largest absolute Gasteiger partial charge is 0.479 e. The number of alkyl halides is 3. The fourth-order valence-electron chi connectivity index (χ4n) is 2.15. The lowest BCUT2D eigenvalue weighted by atomic mass is 9.89. The number of benzene rings is 1. The Labute approximate surface area is 105 Å². The lowest BCUT2D eigenvalue weighted by molar-refractivity contribution is -0.148. The molecule has 104 valence electrons. The maximum Gasteiger partial charge on any atom is 0.419 e. The molecule has 3 nitrogen and oxygen atoms in total. The highest BCUT2D eigenvalue weighted by Gasteiger charge is 2.54. The van der Waals surface area contributed by atoms with Crippen molar-refractivity contribution in [2.75, 3.05) is 0 Å². The molecular weight excluding hydrogens is 268 g/mol. The first kappa shape index (κ1) is 13.8. The minimum absolute atomic E-state index is 0.0768. The second-order valence-corrected chi connectivity index (χ2v) is 4.59. The molecule has 0 bridgehead atoms. The average Bonchev–Trinajstić information content (AvgIpc) is 3.07. The minimum atomic E-state index is -4.80. The molecule has 0 amide bonds. The smallest absolute Gasteiger partial charge is 0.419 e. The Bertz CT molecular complexity index is 520. The van der Waals surface area contributed by atoms with Gasteiger partial charge in [0, 0.05) is 5.41 Å². The van der Waals surface area contributed by atoms with Crippen LogP contribution in [0.15, 0.2) is 18.2 Å². The molecular formula is C12H10F4O3. The third kappa shape index (κ3) is 2.30. The zero-order valence-corrected chi connectivity index (χ0v) is 9.54. The highest BCUT2D eigenvalue weighted by atomic mass is 19.4. The molecule has 0 aliphatic heterocycles. The van der Waals surface area contributed by atoms with Crippen LogP contribution < -0.4 is 0 Å². The number of aliphatic carboxylic acids is 1. The predicted molar refractivity (Wildman–Crippen MR) is 56.0 cm³/mol. The van der Waals surface area contributed by atoms with Crippen LogP contribution in [0.4, 0.5) is 17.6 Å². The SMILES string of the molecule is O=C(O)C(O)C1(c2ccc(C(F)(F)F)c(F)c2)CC1. The lowest BCUT2D eigenvalue weighted by Gasteiger charge is -2.20. The van der Waals surface area contributed by atoms with E-state index in [2.05, 4.69) is 0 Å². The number of carbonyl (C=O) groups is 1. The van der Waals surface area contributed by atoms with Crippen LogP contribution in [0.25, 0.3) is 0 Å². The van der Waals surface area contributed by atoms with Crippen LogP contribution in [0.5, 0.6) is 0 Å². The quantitative estimate of drug-likeness (QED) is 0.834. The summed E-state index contributed by atoms with van der Waals surface area (Å²) in [5.41, 5.74) is -2.50. The van der Waals surface area contributed by atoms with Crippen molar-refractivity contribution in [3.63, 3.8) is 0 Å². The third-order valence-electron chi connectivity index (χ3n) is 3.40. The number of aliphatic hydroxyl groups excluding tert-OH is 1. The molecule has 19 heavy (non-hydrogen) atoms. The van der Waals surface area contributed by atoms with Gasteiger partial charge in [-0.3, -0.25) is 0 Å². The highest BCUT2D eigenvalue weighted by molar-refractivity contribution is 5.75. The molecule has 1 saturated carbocycles. The Balaban J connectivity index is 2.39. The minimum Gasteiger partial charge on any atom is -0.479 e. The standard InChI is InChI=1S/C12H10F4O3/c13-8-5-6(1-2-7(8)12(14,15)16)11(3-4-11)9(17)10(18)19/h1-2,5,9,17H,3-4H2,(H,18,19). The monoisotopic (exact) mass is 278 g/mol. The van der Waals surface area contributed by atoms with E-state index in [4.69, 9.17) is 5.11 Å². The van der Waals surface area contributed by atoms with E-state index in [9.17, 15) is 27.5 Å². The average molecular weight is 278 g/mol. The molecule has 1 aliphatic carbocycles. The summed E-state index contributed by atoms with van der Waals surface area (Å²) >= 11 is 0. The van der Waals surface area contributed by atoms with Crippen LogP contribution >= 0.6 is 0 Å². The van der Waals surface area contributed by atoms with Gasteiger partial charge in [-0.2, -0.15) is 13.2 Å². The number of carboxylic acid groups (broad SMARTS) is 1. The second kappa shape index (κ2) is 4.19. The van der Waals surface area contributed by atoms with Crippen LogP contribution in [0.3, 0.4) is 0 Å². The number of halogens is 4. The van der Waals surface area contributed by atoms with Gasteiger partial charge in [0.2, 0.25) is 0 Å². The first-order valence-corrected chi connectivity index (χ1v) is 5.46. The Morgan fingerprint density at radius 2 is 1.89 bits per heavy atom. The molecule has 1 fully saturated rings. The Hall–Kier alpha value is -1.63. The number of hydrogen-bond acceptors (Lipinski definition) is 2. The lowest BCUT2D eigenvalue weighted by Crippen LogP contribution is -2.34. The molecule has 2 rings (SSSR count). The van der Waals surface area contributed by atoms with E-state index in [0.29, 0.717) is 25.0 Å². The zero-order chi connectivity index (χ0) is 14.4. The van der Waals surface area contributed by atoms with Crippen molar-refractivity contribution in [3.05, 3.63) is 35.1 Å². The van der Waals surface area contributed by atoms with Gasteiger partial charge in [0.05, 0.1) is 5.56 Å². The summed E-state index contributed by atoms with van der Waals surface area (Å²) in [4.78, 5) is 10.7. The van der Waals surface area contributed by atoms with Gasteiger partial charge in [-0.1, -0.05) is 6.07 Å². The Morgan fingerprint density at radius 1 is 1.32 bits per heavy atom. The van der Waals surface area contributed by atoms with E-state index >= 15 is 0 Å². The molecule has 1 aromatic carbocycles. The van der Waals surface area contributed by atoms with Crippen LogP contribution in [-0.4, -0.2) is 22.3 Å². The molecule has 1 aromatic rings. The van der Waals surface area contributed by atoms with Gasteiger partial charge >= 0.3 is 12.1 Å². The van der Waals surface area contributed by atoms with Crippen molar-refractivity contribution in [2.24, 2.45) is 0 Å². The van der Waals surface area contributed by atoms with Gasteiger partial charge in [0.1, 0.15) is 5.82 Å². The molecule has 2 N–H and O–H groups in total. The molecule has 0 aromatic heterocycles. The molecule has 1 aliphatic rings. The van der Waals surface area contributed by atoms with Gasteiger partial charge in [-0.15, -0.1) is 0 Å². The number of aliphatic hydroxyl groups is 1. The molecule has 1 atom stereocenters. The van der Waals surface area contributed by atoms with Crippen LogP contribution in [0.1, 0.15) is 24.0 Å². The summed E-state index contributed by atoms with van der Waals surface area (Å²) in [6.07, 6.45) is -5.95. The van der Waals surface area contributed by atoms with Gasteiger partial charge in [-0.05, 0) is 30.5 Å². The van der Waals surface area contributed by atoms with Crippen LogP contribution in [0.2, 0.25) is 0 Å². The molecule has 0 heterocycles. The van der Waals surface area contributed by atoms with E-state index in [0.717, 1.165) is 6.07 Å². The fourth-order valence-corrected chi connectivity index (χ4v) is 2.15. The summed E-state index contributed by atoms with van der Waals surface area (Å²) in [5, 5.41) is 18.3. The second-order valence-electron chi connectivity index (χ2n) is 4.59. The predicted octanol–water partition coefficient (Wildman–Crippen LogP) is 2.32. The maximum absolute atomic E-state index is 13.4. The topological polar surface area (TPSA) is 57.5 Å². The van der Waals surface area contributed by atoms with Crippen molar-refractivity contribution in [2.45, 2.75) is 30.5 Å². The summed E-state index contributed by atoms with van der Waals surface area (Å²) in [6, 6.07) is 2.24. The van der Waals surface area contributed by atoms with Gasteiger partial charge in [-0.25, -0.2) is 9.18 Å². The van der Waals surface area contributed by atoms with Crippen LogP contribution in [-0.2, 0) is 16.4 Å². The van der Waals surface area contributed by atoms with Crippen molar-refractivity contribution in [1.82, 2.24) is 0 Å². The molecule has 0 saturated heterocycles. The summed E-state index contributed by atoms with van der Waals surface area (Å²) in [6.45, 7) is 0.